The predicted octanol–water partition coefficient (Wildman–Crippen LogP) is 3.05. The molecule has 2 aromatic rings. The van der Waals surface area contributed by atoms with Crippen LogP contribution in [0, 0.1) is 0 Å². The third kappa shape index (κ3) is 5.34. The summed E-state index contributed by atoms with van der Waals surface area (Å²) < 4.78 is 23.6. The smallest absolute Gasteiger partial charge is 0.234 e. The van der Waals surface area contributed by atoms with Gasteiger partial charge in [-0.15, -0.1) is 0 Å². The van der Waals surface area contributed by atoms with Crippen molar-refractivity contribution in [3.8, 4) is 0 Å². The maximum absolute atomic E-state index is 12.8. The van der Waals surface area contributed by atoms with Crippen molar-refractivity contribution in [2.24, 2.45) is 0 Å². The van der Waals surface area contributed by atoms with E-state index >= 15 is 0 Å². The Balaban J connectivity index is 1.74. The molecule has 1 fully saturated rings. The van der Waals surface area contributed by atoms with Crippen molar-refractivity contribution in [3.05, 3.63) is 70.7 Å². The normalized spacial score (nSPS) is 19.5. The second-order valence-electron chi connectivity index (χ2n) is 7.08. The Kier molecular flexibility index (Phi) is 6.75. The standard InChI is InChI=1S/C21H25ClN2O3S/c1-2-24(19-12-13-28(26,27)15-19)14-20(25)23-21(16-6-4-3-5-7-16)17-8-10-18(22)11-9-17/h3-11,19,21H,2,12-15H2,1H3,(H,23,25)/t19-,21+/m0/s1. The number of nitrogens with zero attached hydrogens (tertiary/aromatic N) is 1. The van der Waals surface area contributed by atoms with Gasteiger partial charge in [0, 0.05) is 11.1 Å². The molecule has 0 saturated carbocycles. The topological polar surface area (TPSA) is 66.5 Å². The molecule has 2 atom stereocenters. The SMILES string of the molecule is CCN(CC(=O)N[C@H](c1ccccc1)c1ccc(Cl)cc1)[C@H]1CCS(=O)(=O)C1. The summed E-state index contributed by atoms with van der Waals surface area (Å²) in [6, 6.07) is 16.8. The van der Waals surface area contributed by atoms with Crippen LogP contribution in [-0.4, -0.2) is 49.9 Å². The van der Waals surface area contributed by atoms with Gasteiger partial charge in [0.1, 0.15) is 0 Å². The van der Waals surface area contributed by atoms with Gasteiger partial charge in [-0.1, -0.05) is 61.0 Å². The number of hydrogen-bond acceptors (Lipinski definition) is 4. The van der Waals surface area contributed by atoms with E-state index in [0.717, 1.165) is 11.1 Å². The zero-order chi connectivity index (χ0) is 20.1. The molecule has 0 aliphatic carbocycles. The van der Waals surface area contributed by atoms with Crippen molar-refractivity contribution in [2.45, 2.75) is 25.4 Å². The molecule has 2 aromatic carbocycles. The lowest BCUT2D eigenvalue weighted by molar-refractivity contribution is -0.123. The number of benzene rings is 2. The van der Waals surface area contributed by atoms with Gasteiger partial charge in [-0.3, -0.25) is 9.69 Å². The molecule has 150 valence electrons. The number of hydrogen-bond donors (Lipinski definition) is 1. The minimum Gasteiger partial charge on any atom is -0.344 e. The molecular formula is C21H25ClN2O3S. The van der Waals surface area contributed by atoms with E-state index in [1.165, 1.54) is 0 Å². The molecule has 28 heavy (non-hydrogen) atoms. The lowest BCUT2D eigenvalue weighted by Gasteiger charge is -2.27. The fourth-order valence-corrected chi connectivity index (χ4v) is 5.50. The Hall–Kier alpha value is -1.89. The van der Waals surface area contributed by atoms with Gasteiger partial charge >= 0.3 is 0 Å². The Morgan fingerprint density at radius 1 is 1.14 bits per heavy atom. The number of halogens is 1. The van der Waals surface area contributed by atoms with Crippen molar-refractivity contribution in [1.82, 2.24) is 10.2 Å². The van der Waals surface area contributed by atoms with E-state index in [1.807, 2.05) is 54.3 Å². The molecule has 1 amide bonds. The first-order chi connectivity index (χ1) is 13.4. The van der Waals surface area contributed by atoms with E-state index in [9.17, 15) is 13.2 Å². The van der Waals surface area contributed by atoms with E-state index in [1.54, 1.807) is 12.1 Å². The van der Waals surface area contributed by atoms with Crippen LogP contribution in [0.2, 0.25) is 5.02 Å². The summed E-state index contributed by atoms with van der Waals surface area (Å²) >= 11 is 6.01. The number of carbonyl (C=O) groups excluding carboxylic acids is 1. The molecule has 0 aromatic heterocycles. The summed E-state index contributed by atoms with van der Waals surface area (Å²) in [6.45, 7) is 2.75. The summed E-state index contributed by atoms with van der Waals surface area (Å²) in [4.78, 5) is 14.8. The molecule has 5 nitrogen and oxygen atoms in total. The number of sulfone groups is 1. The molecule has 1 heterocycles. The second-order valence-corrected chi connectivity index (χ2v) is 9.75. The lowest BCUT2D eigenvalue weighted by atomic mass is 9.98. The van der Waals surface area contributed by atoms with E-state index < -0.39 is 9.84 Å². The van der Waals surface area contributed by atoms with E-state index in [4.69, 9.17) is 11.6 Å². The van der Waals surface area contributed by atoms with Gasteiger partial charge in [0.05, 0.1) is 24.1 Å². The molecular weight excluding hydrogens is 396 g/mol. The van der Waals surface area contributed by atoms with Crippen LogP contribution in [0.4, 0.5) is 0 Å². The molecule has 7 heteroatoms. The van der Waals surface area contributed by atoms with Crippen molar-refractivity contribution in [1.29, 1.82) is 0 Å². The molecule has 0 unspecified atom stereocenters. The number of amides is 1. The van der Waals surface area contributed by atoms with Gasteiger partial charge in [-0.05, 0) is 36.2 Å². The largest absolute Gasteiger partial charge is 0.344 e. The first-order valence-electron chi connectivity index (χ1n) is 9.42. The molecule has 1 N–H and O–H groups in total. The molecule has 1 aliphatic rings. The first kappa shape index (κ1) is 20.8. The van der Waals surface area contributed by atoms with Gasteiger partial charge in [-0.2, -0.15) is 0 Å². The van der Waals surface area contributed by atoms with E-state index in [-0.39, 0.29) is 36.0 Å². The van der Waals surface area contributed by atoms with Crippen LogP contribution in [0.3, 0.4) is 0 Å². The van der Waals surface area contributed by atoms with Crippen LogP contribution >= 0.6 is 11.6 Å². The summed E-state index contributed by atoms with van der Waals surface area (Å²) in [7, 11) is -2.99. The molecule has 0 radical (unpaired) electrons. The summed E-state index contributed by atoms with van der Waals surface area (Å²) in [6.07, 6.45) is 0.586. The highest BCUT2D eigenvalue weighted by Crippen LogP contribution is 2.24. The van der Waals surface area contributed by atoms with Crippen molar-refractivity contribution in [2.75, 3.05) is 24.6 Å². The number of nitrogens with one attached hydrogen (secondary N) is 1. The average molecular weight is 421 g/mol. The third-order valence-corrected chi connectivity index (χ3v) is 7.12. The number of rotatable bonds is 7. The molecule has 0 bridgehead atoms. The summed E-state index contributed by atoms with van der Waals surface area (Å²) in [5.41, 5.74) is 1.92. The lowest BCUT2D eigenvalue weighted by Crippen LogP contribution is -2.44. The van der Waals surface area contributed by atoms with Crippen LogP contribution in [0.1, 0.15) is 30.5 Å². The molecule has 1 aliphatic heterocycles. The minimum absolute atomic E-state index is 0.0912. The summed E-state index contributed by atoms with van der Waals surface area (Å²) in [5.74, 6) is 0.204. The van der Waals surface area contributed by atoms with Crippen LogP contribution in [0.25, 0.3) is 0 Å². The Morgan fingerprint density at radius 3 is 2.36 bits per heavy atom. The van der Waals surface area contributed by atoms with E-state index in [2.05, 4.69) is 5.32 Å². The van der Waals surface area contributed by atoms with Gasteiger partial charge in [-0.25, -0.2) is 8.42 Å². The van der Waals surface area contributed by atoms with Gasteiger partial charge in [0.15, 0.2) is 9.84 Å². The van der Waals surface area contributed by atoms with Crippen molar-refractivity contribution < 1.29 is 13.2 Å². The Labute approximate surface area is 171 Å². The highest BCUT2D eigenvalue weighted by atomic mass is 35.5. The Bertz CT molecular complexity index is 901. The fourth-order valence-electron chi connectivity index (χ4n) is 3.61. The molecule has 1 saturated heterocycles. The maximum Gasteiger partial charge on any atom is 0.234 e. The zero-order valence-electron chi connectivity index (χ0n) is 15.8. The maximum atomic E-state index is 12.8. The van der Waals surface area contributed by atoms with Crippen LogP contribution in [0.15, 0.2) is 54.6 Å². The quantitative estimate of drug-likeness (QED) is 0.747. The highest BCUT2D eigenvalue weighted by molar-refractivity contribution is 7.91. The predicted molar refractivity (Wildman–Crippen MR) is 112 cm³/mol. The van der Waals surface area contributed by atoms with Crippen molar-refractivity contribution in [3.63, 3.8) is 0 Å². The van der Waals surface area contributed by atoms with Crippen molar-refractivity contribution >= 4 is 27.3 Å². The van der Waals surface area contributed by atoms with Crippen LogP contribution in [0.5, 0.6) is 0 Å². The minimum atomic E-state index is -2.99. The first-order valence-corrected chi connectivity index (χ1v) is 11.6. The molecule has 3 rings (SSSR count). The monoisotopic (exact) mass is 420 g/mol. The van der Waals surface area contributed by atoms with Crippen LogP contribution < -0.4 is 5.32 Å². The second kappa shape index (κ2) is 9.07. The van der Waals surface area contributed by atoms with E-state index in [0.29, 0.717) is 18.0 Å². The van der Waals surface area contributed by atoms with Gasteiger partial charge in [0.25, 0.3) is 0 Å². The Morgan fingerprint density at radius 2 is 1.79 bits per heavy atom. The average Bonchev–Trinajstić information content (AvgIpc) is 3.05. The van der Waals surface area contributed by atoms with Gasteiger partial charge < -0.3 is 5.32 Å². The summed E-state index contributed by atoms with van der Waals surface area (Å²) in [5, 5.41) is 3.75. The zero-order valence-corrected chi connectivity index (χ0v) is 17.4. The van der Waals surface area contributed by atoms with Gasteiger partial charge in [0.2, 0.25) is 5.91 Å². The number of carbonyl (C=O) groups is 1. The highest BCUT2D eigenvalue weighted by Gasteiger charge is 2.32. The van der Waals surface area contributed by atoms with Crippen LogP contribution in [-0.2, 0) is 14.6 Å². The molecule has 0 spiro atoms. The number of likely N-dealkylation sites (N-methyl/N-ethyl adjacent to an activating group) is 1. The fraction of sp³-hybridized carbons (Fsp3) is 0.381. The third-order valence-electron chi connectivity index (χ3n) is 5.12.